The molecule has 2 aromatic carbocycles. The van der Waals surface area contributed by atoms with Gasteiger partial charge in [0.25, 0.3) is 5.69 Å². The van der Waals surface area contributed by atoms with Gasteiger partial charge < -0.3 is 23.2 Å². The van der Waals surface area contributed by atoms with E-state index in [-0.39, 0.29) is 59.3 Å². The zero-order valence-corrected chi connectivity index (χ0v) is 36.6. The maximum Gasteiger partial charge on any atom is 0.353 e. The lowest BCUT2D eigenvalue weighted by molar-refractivity contribution is -0.386. The molecule has 3 atom stereocenters. The predicted molar refractivity (Wildman–Crippen MR) is 218 cm³/mol. The lowest BCUT2D eigenvalue weighted by Gasteiger charge is -2.39. The molecule has 1 aliphatic rings. The van der Waals surface area contributed by atoms with Gasteiger partial charge in [0.15, 0.2) is 8.32 Å². The number of rotatable bonds is 18. The van der Waals surface area contributed by atoms with E-state index in [1.165, 1.54) is 16.8 Å². The Morgan fingerprint density at radius 2 is 1.54 bits per heavy atom. The van der Waals surface area contributed by atoms with Gasteiger partial charge in [-0.05, 0) is 77.9 Å². The van der Waals surface area contributed by atoms with Gasteiger partial charge in [0.05, 0.1) is 42.0 Å². The topological polar surface area (TPSA) is 169 Å². The molecule has 0 bridgehead atoms. The van der Waals surface area contributed by atoms with Crippen molar-refractivity contribution in [2.24, 2.45) is 17.8 Å². The molecule has 1 aromatic heterocycles. The molecule has 1 aliphatic heterocycles. The Labute approximate surface area is 333 Å². The first-order valence-electron chi connectivity index (χ1n) is 19.5. The lowest BCUT2D eigenvalue weighted by atomic mass is 9.91. The SMILES string of the molecule is CC(C)Cc1cc(CC(C)C)c(S(=O)(=O)Oc2nc(=O)n([C@H]3C[C@@H](O[Si](C)(C)C(C)(C)C)[C@@H](CO)O3)cc2COCc2ccccc2[N+](=O)[O-])c(CC(C)C)c1. The maximum atomic E-state index is 14.5. The van der Waals surface area contributed by atoms with Crippen molar-refractivity contribution >= 4 is 24.1 Å². The summed E-state index contributed by atoms with van der Waals surface area (Å²) in [5.74, 6) is 0.166. The van der Waals surface area contributed by atoms with Crippen LogP contribution in [0.4, 0.5) is 5.69 Å². The number of benzene rings is 2. The molecule has 4 rings (SSSR count). The number of nitro benzene ring substituents is 1. The van der Waals surface area contributed by atoms with E-state index in [1.54, 1.807) is 18.2 Å². The smallest absolute Gasteiger partial charge is 0.353 e. The highest BCUT2D eigenvalue weighted by atomic mass is 32.2. The number of para-hydroxylation sites is 1. The van der Waals surface area contributed by atoms with Gasteiger partial charge in [-0.15, -0.1) is 0 Å². The van der Waals surface area contributed by atoms with E-state index in [0.717, 1.165) is 12.0 Å². The Bertz CT molecular complexity index is 1980. The van der Waals surface area contributed by atoms with Gasteiger partial charge in [-0.3, -0.25) is 14.7 Å². The number of nitro groups is 1. The molecule has 0 unspecified atom stereocenters. The van der Waals surface area contributed by atoms with E-state index in [9.17, 15) is 28.4 Å². The average Bonchev–Trinajstić information content (AvgIpc) is 3.45. The number of hydrogen-bond donors (Lipinski definition) is 1. The highest BCUT2D eigenvalue weighted by Gasteiger charge is 2.45. The highest BCUT2D eigenvalue weighted by molar-refractivity contribution is 7.87. The number of nitrogens with zero attached hydrogens (tertiary/aromatic N) is 3. The molecule has 3 aromatic rings. The van der Waals surface area contributed by atoms with Gasteiger partial charge in [-0.1, -0.05) is 86.6 Å². The number of hydrogen-bond acceptors (Lipinski definition) is 11. The van der Waals surface area contributed by atoms with Crippen molar-refractivity contribution in [1.29, 1.82) is 0 Å². The number of aliphatic hydroxyl groups is 1. The molecule has 1 N–H and O–H groups in total. The van der Waals surface area contributed by atoms with Crippen molar-refractivity contribution in [2.45, 2.75) is 143 Å². The molecule has 310 valence electrons. The fourth-order valence-electron chi connectivity index (χ4n) is 6.73. The van der Waals surface area contributed by atoms with Crippen molar-refractivity contribution in [3.63, 3.8) is 0 Å². The first kappa shape index (κ1) is 45.2. The van der Waals surface area contributed by atoms with E-state index < -0.39 is 53.4 Å². The van der Waals surface area contributed by atoms with Crippen LogP contribution in [0.2, 0.25) is 18.1 Å². The molecule has 0 aliphatic carbocycles. The number of aromatic nitrogens is 2. The molecule has 1 fully saturated rings. The van der Waals surface area contributed by atoms with Crippen LogP contribution in [-0.4, -0.2) is 55.1 Å². The highest BCUT2D eigenvalue weighted by Crippen LogP contribution is 2.41. The predicted octanol–water partition coefficient (Wildman–Crippen LogP) is 7.90. The summed E-state index contributed by atoms with van der Waals surface area (Å²) in [6.45, 7) is 22.0. The summed E-state index contributed by atoms with van der Waals surface area (Å²) in [6.07, 6.45) is 1.25. The zero-order chi connectivity index (χ0) is 41.7. The molecule has 15 heteroatoms. The molecular weight excluding hydrogens is 755 g/mol. The van der Waals surface area contributed by atoms with Crippen molar-refractivity contribution in [2.75, 3.05) is 6.61 Å². The summed E-state index contributed by atoms with van der Waals surface area (Å²) in [5, 5.41) is 21.8. The molecule has 0 spiro atoms. The van der Waals surface area contributed by atoms with E-state index >= 15 is 0 Å². The third-order valence-corrected chi connectivity index (χ3v) is 16.2. The second-order valence-corrected chi connectivity index (χ2v) is 23.9. The molecule has 1 saturated heterocycles. The van der Waals surface area contributed by atoms with Crippen LogP contribution in [-0.2, 0) is 56.5 Å². The van der Waals surface area contributed by atoms with Crippen LogP contribution in [0.3, 0.4) is 0 Å². The van der Waals surface area contributed by atoms with E-state index in [4.69, 9.17) is 18.1 Å². The molecule has 0 amide bonds. The normalized spacial score (nSPS) is 18.0. The maximum absolute atomic E-state index is 14.5. The molecule has 56 heavy (non-hydrogen) atoms. The molecule has 0 radical (unpaired) electrons. The standard InChI is InChI=1S/C41H61N3O10SSi/c1-26(2)16-29-19-31(17-27(3)4)38(32(20-29)18-28(5)6)55(49,50)53-39-33(25-51-24-30-14-12-13-15-34(30)44(47)48)22-43(40(46)42-39)37-21-35(36(23-45)52-37)54-56(10,11)41(7,8)9/h12-15,19-20,22,26-28,35-37,45H,16-18,21,23-25H2,1-11H3/t35-,36-,37-/m1/s1. The van der Waals surface area contributed by atoms with Crippen LogP contribution in [0.15, 0.2) is 52.3 Å². The van der Waals surface area contributed by atoms with Gasteiger partial charge in [-0.2, -0.15) is 13.4 Å². The van der Waals surface area contributed by atoms with Crippen LogP contribution in [0.25, 0.3) is 0 Å². The molecule has 13 nitrogen and oxygen atoms in total. The Balaban J connectivity index is 1.81. The molecular formula is C41H61N3O10SSi. The third-order valence-electron chi connectivity index (χ3n) is 10.3. The number of ether oxygens (including phenoxy) is 2. The van der Waals surface area contributed by atoms with Crippen LogP contribution in [0.5, 0.6) is 5.88 Å². The Morgan fingerprint density at radius 1 is 0.964 bits per heavy atom. The lowest BCUT2D eigenvalue weighted by Crippen LogP contribution is -2.46. The first-order chi connectivity index (χ1) is 26.0. The van der Waals surface area contributed by atoms with Crippen molar-refractivity contribution in [3.05, 3.63) is 91.0 Å². The second kappa shape index (κ2) is 18.4. The minimum absolute atomic E-state index is 0.0701. The summed E-state index contributed by atoms with van der Waals surface area (Å²) < 4.78 is 54.9. The largest absolute Gasteiger partial charge is 0.411 e. The monoisotopic (exact) mass is 815 g/mol. The molecule has 0 saturated carbocycles. The van der Waals surface area contributed by atoms with Gasteiger partial charge in [-0.25, -0.2) is 4.79 Å². The minimum Gasteiger partial charge on any atom is -0.411 e. The summed E-state index contributed by atoms with van der Waals surface area (Å²) in [5.41, 5.74) is 1.78. The quantitative estimate of drug-likeness (QED) is 0.0573. The van der Waals surface area contributed by atoms with Crippen LogP contribution in [0, 0.1) is 27.9 Å². The summed E-state index contributed by atoms with van der Waals surface area (Å²) in [4.78, 5) is 29.2. The second-order valence-electron chi connectivity index (χ2n) is 17.7. The van der Waals surface area contributed by atoms with Crippen LogP contribution in [0.1, 0.15) is 103 Å². The van der Waals surface area contributed by atoms with Crippen molar-refractivity contribution < 1.29 is 36.5 Å². The molecule has 2 heterocycles. The fraction of sp³-hybridized carbons (Fsp3) is 0.610. The average molecular weight is 816 g/mol. The number of aliphatic hydroxyl groups excluding tert-OH is 1. The van der Waals surface area contributed by atoms with Gasteiger partial charge >= 0.3 is 15.8 Å². The first-order valence-corrected chi connectivity index (χ1v) is 23.8. The zero-order valence-electron chi connectivity index (χ0n) is 34.8. The van der Waals surface area contributed by atoms with Crippen LogP contribution >= 0.6 is 0 Å². The summed E-state index contributed by atoms with van der Waals surface area (Å²) in [7, 11) is -6.87. The van der Waals surface area contributed by atoms with E-state index in [2.05, 4.69) is 52.7 Å². The Hall–Kier alpha value is -3.47. The fourth-order valence-corrected chi connectivity index (χ4v) is 9.45. The summed E-state index contributed by atoms with van der Waals surface area (Å²) >= 11 is 0. The summed E-state index contributed by atoms with van der Waals surface area (Å²) in [6, 6.07) is 10.0. The Kier molecular flexibility index (Phi) is 14.9. The van der Waals surface area contributed by atoms with E-state index in [1.807, 2.05) is 39.8 Å². The van der Waals surface area contributed by atoms with Crippen LogP contribution < -0.4 is 9.87 Å². The minimum atomic E-state index is -4.57. The third kappa shape index (κ3) is 11.3. The van der Waals surface area contributed by atoms with E-state index in [0.29, 0.717) is 35.4 Å². The Morgan fingerprint density at radius 3 is 2.07 bits per heavy atom. The van der Waals surface area contributed by atoms with Crippen molar-refractivity contribution in [3.8, 4) is 5.88 Å². The van der Waals surface area contributed by atoms with Gasteiger partial charge in [0.1, 0.15) is 17.2 Å². The van der Waals surface area contributed by atoms with Gasteiger partial charge in [0.2, 0.25) is 5.88 Å². The van der Waals surface area contributed by atoms with Crippen molar-refractivity contribution in [1.82, 2.24) is 9.55 Å². The van der Waals surface area contributed by atoms with Gasteiger partial charge in [0, 0.05) is 18.7 Å².